The Hall–Kier alpha value is -1.94. The number of ether oxygens (including phenoxy) is 1. The minimum Gasteiger partial charge on any atom is -0.424 e. The van der Waals surface area contributed by atoms with Crippen LogP contribution in [0.25, 0.3) is 10.9 Å². The SMILES string of the molecule is NCCC(=O)Oc1cccc2cccnc12. The predicted octanol–water partition coefficient (Wildman–Crippen LogP) is 1.49. The lowest BCUT2D eigenvalue weighted by atomic mass is 10.2. The number of esters is 1. The number of benzene rings is 1. The molecular formula is C12H12N2O2. The minimum absolute atomic E-state index is 0.212. The Morgan fingerprint density at radius 3 is 2.94 bits per heavy atom. The highest BCUT2D eigenvalue weighted by Crippen LogP contribution is 2.23. The molecule has 0 radical (unpaired) electrons. The fourth-order valence-electron chi connectivity index (χ4n) is 1.45. The number of nitrogens with two attached hydrogens (primary N) is 1. The molecule has 0 amide bonds. The molecule has 0 unspecified atom stereocenters. The molecule has 1 heterocycles. The number of carbonyl (C=O) groups excluding carboxylic acids is 1. The molecule has 2 aromatic rings. The molecule has 0 aliphatic heterocycles. The van der Waals surface area contributed by atoms with Crippen molar-refractivity contribution in [1.82, 2.24) is 4.98 Å². The van der Waals surface area contributed by atoms with E-state index in [4.69, 9.17) is 10.5 Å². The number of pyridine rings is 1. The first-order chi connectivity index (χ1) is 7.81. The van der Waals surface area contributed by atoms with E-state index in [2.05, 4.69) is 4.98 Å². The Morgan fingerprint density at radius 2 is 2.12 bits per heavy atom. The van der Waals surface area contributed by atoms with Gasteiger partial charge in [0.1, 0.15) is 5.52 Å². The van der Waals surface area contributed by atoms with Crippen LogP contribution in [0.1, 0.15) is 6.42 Å². The number of fused-ring (bicyclic) bond motifs is 1. The molecule has 0 spiro atoms. The third kappa shape index (κ3) is 2.17. The Labute approximate surface area is 93.0 Å². The van der Waals surface area contributed by atoms with Crippen LogP contribution in [0, 0.1) is 0 Å². The van der Waals surface area contributed by atoms with Gasteiger partial charge in [-0.15, -0.1) is 0 Å². The zero-order chi connectivity index (χ0) is 11.4. The summed E-state index contributed by atoms with van der Waals surface area (Å²) in [6.07, 6.45) is 1.88. The number of rotatable bonds is 3. The lowest BCUT2D eigenvalue weighted by molar-refractivity contribution is -0.134. The fraction of sp³-hybridized carbons (Fsp3) is 0.167. The summed E-state index contributed by atoms with van der Waals surface area (Å²) in [5.41, 5.74) is 5.97. The largest absolute Gasteiger partial charge is 0.424 e. The van der Waals surface area contributed by atoms with Crippen molar-refractivity contribution < 1.29 is 9.53 Å². The van der Waals surface area contributed by atoms with Crippen molar-refractivity contribution in [3.63, 3.8) is 0 Å². The second-order valence-corrected chi connectivity index (χ2v) is 3.34. The van der Waals surface area contributed by atoms with Crippen LogP contribution in [0.2, 0.25) is 0 Å². The smallest absolute Gasteiger partial charge is 0.312 e. The van der Waals surface area contributed by atoms with E-state index in [1.807, 2.05) is 24.3 Å². The first-order valence-electron chi connectivity index (χ1n) is 5.06. The highest BCUT2D eigenvalue weighted by atomic mass is 16.5. The minimum atomic E-state index is -0.333. The van der Waals surface area contributed by atoms with Crippen LogP contribution in [-0.2, 0) is 4.79 Å². The Bertz CT molecular complexity index is 506. The standard InChI is InChI=1S/C12H12N2O2/c13-7-6-11(15)16-10-5-1-3-9-4-2-8-14-12(9)10/h1-5,8H,6-7,13H2. The highest BCUT2D eigenvalue weighted by molar-refractivity contribution is 5.86. The average molecular weight is 216 g/mol. The normalized spacial score (nSPS) is 10.3. The van der Waals surface area contributed by atoms with Crippen LogP contribution in [0.15, 0.2) is 36.5 Å². The van der Waals surface area contributed by atoms with Crippen LogP contribution in [-0.4, -0.2) is 17.5 Å². The van der Waals surface area contributed by atoms with Gasteiger partial charge in [-0.1, -0.05) is 18.2 Å². The summed E-state index contributed by atoms with van der Waals surface area (Å²) in [5.74, 6) is 0.150. The van der Waals surface area contributed by atoms with Crippen LogP contribution in [0.4, 0.5) is 0 Å². The molecular weight excluding hydrogens is 204 g/mol. The third-order valence-corrected chi connectivity index (χ3v) is 2.17. The Morgan fingerprint density at radius 1 is 1.31 bits per heavy atom. The molecule has 1 aromatic heterocycles. The molecule has 2 N–H and O–H groups in total. The number of nitrogens with zero attached hydrogens (tertiary/aromatic N) is 1. The molecule has 4 nitrogen and oxygen atoms in total. The zero-order valence-electron chi connectivity index (χ0n) is 8.72. The fourth-order valence-corrected chi connectivity index (χ4v) is 1.45. The number of carbonyl (C=O) groups is 1. The first-order valence-corrected chi connectivity index (χ1v) is 5.06. The second kappa shape index (κ2) is 4.72. The van der Waals surface area contributed by atoms with Gasteiger partial charge in [0, 0.05) is 18.1 Å². The molecule has 0 aliphatic carbocycles. The molecule has 1 aromatic carbocycles. The van der Waals surface area contributed by atoms with Crippen molar-refractivity contribution in [3.05, 3.63) is 36.5 Å². The quantitative estimate of drug-likeness (QED) is 0.623. The Balaban J connectivity index is 2.33. The second-order valence-electron chi connectivity index (χ2n) is 3.34. The predicted molar refractivity (Wildman–Crippen MR) is 61.0 cm³/mol. The highest BCUT2D eigenvalue weighted by Gasteiger charge is 2.07. The van der Waals surface area contributed by atoms with Gasteiger partial charge in [0.15, 0.2) is 5.75 Å². The molecule has 16 heavy (non-hydrogen) atoms. The first kappa shape index (κ1) is 10.6. The van der Waals surface area contributed by atoms with E-state index in [-0.39, 0.29) is 18.9 Å². The lowest BCUT2D eigenvalue weighted by Gasteiger charge is -2.05. The molecule has 0 fully saturated rings. The maximum Gasteiger partial charge on any atom is 0.312 e. The van der Waals surface area contributed by atoms with Crippen molar-refractivity contribution in [2.45, 2.75) is 6.42 Å². The summed E-state index contributed by atoms with van der Waals surface area (Å²) < 4.78 is 5.19. The molecule has 4 heteroatoms. The van der Waals surface area contributed by atoms with E-state index in [1.54, 1.807) is 12.3 Å². The van der Waals surface area contributed by atoms with Gasteiger partial charge in [-0.05, 0) is 12.1 Å². The maximum atomic E-state index is 11.3. The summed E-state index contributed by atoms with van der Waals surface area (Å²) in [7, 11) is 0. The Kier molecular flexibility index (Phi) is 3.12. The van der Waals surface area contributed by atoms with Crippen molar-refractivity contribution in [2.24, 2.45) is 5.73 Å². The number of hydrogen-bond donors (Lipinski definition) is 1. The van der Waals surface area contributed by atoms with Crippen molar-refractivity contribution in [3.8, 4) is 5.75 Å². The molecule has 0 bridgehead atoms. The average Bonchev–Trinajstić information content (AvgIpc) is 2.30. The topological polar surface area (TPSA) is 65.2 Å². The summed E-state index contributed by atoms with van der Waals surface area (Å²) in [6.45, 7) is 0.289. The van der Waals surface area contributed by atoms with Gasteiger partial charge in [0.2, 0.25) is 0 Å². The molecule has 0 aliphatic rings. The number of aromatic nitrogens is 1. The van der Waals surface area contributed by atoms with E-state index < -0.39 is 0 Å². The van der Waals surface area contributed by atoms with Crippen molar-refractivity contribution in [2.75, 3.05) is 6.54 Å². The zero-order valence-corrected chi connectivity index (χ0v) is 8.72. The van der Waals surface area contributed by atoms with Gasteiger partial charge >= 0.3 is 5.97 Å². The summed E-state index contributed by atoms with van der Waals surface area (Å²) in [4.78, 5) is 15.5. The van der Waals surface area contributed by atoms with Crippen LogP contribution in [0.3, 0.4) is 0 Å². The molecule has 82 valence electrons. The summed E-state index contributed by atoms with van der Waals surface area (Å²) in [5, 5.41) is 0.945. The molecule has 0 atom stereocenters. The summed E-state index contributed by atoms with van der Waals surface area (Å²) >= 11 is 0. The van der Waals surface area contributed by atoms with E-state index in [0.717, 1.165) is 5.39 Å². The van der Waals surface area contributed by atoms with Gasteiger partial charge in [0.25, 0.3) is 0 Å². The molecule has 0 saturated carbocycles. The lowest BCUT2D eigenvalue weighted by Crippen LogP contribution is -2.13. The van der Waals surface area contributed by atoms with E-state index in [0.29, 0.717) is 11.3 Å². The third-order valence-electron chi connectivity index (χ3n) is 2.17. The maximum absolute atomic E-state index is 11.3. The van der Waals surface area contributed by atoms with Crippen LogP contribution < -0.4 is 10.5 Å². The summed E-state index contributed by atoms with van der Waals surface area (Å²) in [6, 6.07) is 9.23. The van der Waals surface area contributed by atoms with Gasteiger partial charge < -0.3 is 10.5 Å². The van der Waals surface area contributed by atoms with Gasteiger partial charge in [0.05, 0.1) is 6.42 Å². The van der Waals surface area contributed by atoms with Crippen LogP contribution in [0.5, 0.6) is 5.75 Å². The van der Waals surface area contributed by atoms with E-state index in [1.165, 1.54) is 0 Å². The molecule has 2 rings (SSSR count). The van der Waals surface area contributed by atoms with Gasteiger partial charge in [-0.25, -0.2) is 0 Å². The molecule has 0 saturated heterocycles. The monoisotopic (exact) mass is 216 g/mol. The van der Waals surface area contributed by atoms with E-state index in [9.17, 15) is 4.79 Å². The number of para-hydroxylation sites is 1. The van der Waals surface area contributed by atoms with Crippen molar-refractivity contribution >= 4 is 16.9 Å². The van der Waals surface area contributed by atoms with Gasteiger partial charge in [-0.3, -0.25) is 9.78 Å². The van der Waals surface area contributed by atoms with Crippen LogP contribution >= 0.6 is 0 Å². The van der Waals surface area contributed by atoms with E-state index >= 15 is 0 Å². The number of hydrogen-bond acceptors (Lipinski definition) is 4. The van der Waals surface area contributed by atoms with Crippen molar-refractivity contribution in [1.29, 1.82) is 0 Å². The van der Waals surface area contributed by atoms with Gasteiger partial charge in [-0.2, -0.15) is 0 Å².